The van der Waals surface area contributed by atoms with Gasteiger partial charge in [0.25, 0.3) is 11.8 Å². The van der Waals surface area contributed by atoms with Gasteiger partial charge in [0.05, 0.1) is 4.88 Å². The summed E-state index contributed by atoms with van der Waals surface area (Å²) in [6.07, 6.45) is 2.59. The fourth-order valence-corrected chi connectivity index (χ4v) is 3.96. The van der Waals surface area contributed by atoms with Crippen molar-refractivity contribution in [1.29, 1.82) is 0 Å². The maximum Gasteiger partial charge on any atom is 0.412 e. The summed E-state index contributed by atoms with van der Waals surface area (Å²) < 4.78 is 5.17. The molecule has 8 heteroatoms. The fraction of sp³-hybridized carbons (Fsp3) is 0.350. The fourth-order valence-electron chi connectivity index (χ4n) is 2.81. The smallest absolute Gasteiger partial charge is 0.412 e. The summed E-state index contributed by atoms with van der Waals surface area (Å²) in [6, 6.07) is 8.17. The molecule has 1 aliphatic carbocycles. The number of carbonyl (C=O) groups excluding carboxylic acids is 3. The maximum absolute atomic E-state index is 12.2. The molecule has 0 unspecified atom stereocenters. The minimum absolute atomic E-state index is 0.323. The Morgan fingerprint density at radius 2 is 1.68 bits per heavy atom. The summed E-state index contributed by atoms with van der Waals surface area (Å²) >= 11 is 1.47. The van der Waals surface area contributed by atoms with Crippen LogP contribution in [0, 0.1) is 0 Å². The minimum atomic E-state index is -0.592. The molecule has 28 heavy (non-hydrogen) atoms. The van der Waals surface area contributed by atoms with Crippen molar-refractivity contribution in [3.05, 3.63) is 51.2 Å². The molecule has 0 saturated carbocycles. The van der Waals surface area contributed by atoms with Crippen LogP contribution in [0.15, 0.2) is 30.3 Å². The predicted octanol–water partition coefficient (Wildman–Crippen LogP) is 3.66. The molecule has 0 radical (unpaired) electrons. The van der Waals surface area contributed by atoms with Crippen LogP contribution in [0.1, 0.15) is 57.7 Å². The summed E-state index contributed by atoms with van der Waals surface area (Å²) in [6.45, 7) is 5.33. The molecular formula is C20H23N3O4S. The first-order valence-corrected chi connectivity index (χ1v) is 9.85. The molecule has 0 saturated heterocycles. The molecule has 1 aromatic carbocycles. The molecule has 7 nitrogen and oxygen atoms in total. The average Bonchev–Trinajstić information content (AvgIpc) is 3.20. The third kappa shape index (κ3) is 5.10. The number of anilines is 1. The lowest BCUT2D eigenvalue weighted by molar-refractivity contribution is 0.0635. The van der Waals surface area contributed by atoms with E-state index >= 15 is 0 Å². The van der Waals surface area contributed by atoms with E-state index < -0.39 is 17.6 Å². The van der Waals surface area contributed by atoms with Crippen LogP contribution in [0.25, 0.3) is 0 Å². The minimum Gasteiger partial charge on any atom is -0.444 e. The van der Waals surface area contributed by atoms with Crippen LogP contribution in [0.3, 0.4) is 0 Å². The molecule has 0 aliphatic heterocycles. The SMILES string of the molecule is CC(C)(C)OC(=O)Nc1ccc(C(=O)NNC(=O)c2cc3c(s2)CCC3)cc1. The van der Waals surface area contributed by atoms with E-state index in [9.17, 15) is 14.4 Å². The molecule has 1 aliphatic rings. The highest BCUT2D eigenvalue weighted by Crippen LogP contribution is 2.30. The maximum atomic E-state index is 12.2. The molecule has 3 amide bonds. The van der Waals surface area contributed by atoms with Crippen LogP contribution < -0.4 is 16.2 Å². The highest BCUT2D eigenvalue weighted by Gasteiger charge is 2.19. The molecule has 1 aromatic heterocycles. The molecular weight excluding hydrogens is 378 g/mol. The number of carbonyl (C=O) groups is 3. The van der Waals surface area contributed by atoms with Crippen molar-refractivity contribution in [3.63, 3.8) is 0 Å². The third-order valence-corrected chi connectivity index (χ3v) is 5.29. The van der Waals surface area contributed by atoms with Crippen LogP contribution in [0.5, 0.6) is 0 Å². The van der Waals surface area contributed by atoms with Crippen LogP contribution in [-0.2, 0) is 17.6 Å². The van der Waals surface area contributed by atoms with Gasteiger partial charge in [-0.05, 0) is 75.9 Å². The molecule has 2 aromatic rings. The lowest BCUT2D eigenvalue weighted by Gasteiger charge is -2.19. The Labute approximate surface area is 167 Å². The van der Waals surface area contributed by atoms with Crippen molar-refractivity contribution in [2.45, 2.75) is 45.6 Å². The van der Waals surface area contributed by atoms with E-state index in [4.69, 9.17) is 4.74 Å². The van der Waals surface area contributed by atoms with Gasteiger partial charge < -0.3 is 4.74 Å². The van der Waals surface area contributed by atoms with Crippen molar-refractivity contribution < 1.29 is 19.1 Å². The number of rotatable bonds is 3. The number of nitrogens with one attached hydrogen (secondary N) is 3. The first-order chi connectivity index (χ1) is 13.2. The molecule has 0 fully saturated rings. The van der Waals surface area contributed by atoms with Gasteiger partial charge in [-0.3, -0.25) is 25.8 Å². The number of hydrazine groups is 1. The van der Waals surface area contributed by atoms with Crippen LogP contribution in [0.4, 0.5) is 10.5 Å². The van der Waals surface area contributed by atoms with Gasteiger partial charge >= 0.3 is 6.09 Å². The summed E-state index contributed by atoms with van der Waals surface area (Å²) in [7, 11) is 0. The van der Waals surface area contributed by atoms with Gasteiger partial charge in [0.2, 0.25) is 0 Å². The Morgan fingerprint density at radius 1 is 1.00 bits per heavy atom. The molecule has 3 N–H and O–H groups in total. The summed E-state index contributed by atoms with van der Waals surface area (Å²) in [4.78, 5) is 38.0. The van der Waals surface area contributed by atoms with Crippen molar-refractivity contribution >= 4 is 34.9 Å². The Morgan fingerprint density at radius 3 is 2.32 bits per heavy atom. The summed E-state index contributed by atoms with van der Waals surface area (Å²) in [5, 5.41) is 2.59. The first-order valence-electron chi connectivity index (χ1n) is 9.03. The van der Waals surface area contributed by atoms with Crippen LogP contribution >= 0.6 is 11.3 Å². The second-order valence-electron chi connectivity index (χ2n) is 7.53. The number of benzene rings is 1. The molecule has 148 valence electrons. The van der Waals surface area contributed by atoms with E-state index in [1.165, 1.54) is 21.8 Å². The van der Waals surface area contributed by atoms with E-state index in [2.05, 4.69) is 16.2 Å². The van der Waals surface area contributed by atoms with Gasteiger partial charge in [-0.1, -0.05) is 0 Å². The number of hydrogen-bond acceptors (Lipinski definition) is 5. The zero-order chi connectivity index (χ0) is 20.3. The van der Waals surface area contributed by atoms with E-state index in [-0.39, 0.29) is 5.91 Å². The predicted molar refractivity (Wildman–Crippen MR) is 108 cm³/mol. The largest absolute Gasteiger partial charge is 0.444 e. The normalized spacial score (nSPS) is 12.8. The second-order valence-corrected chi connectivity index (χ2v) is 8.66. The van der Waals surface area contributed by atoms with Crippen LogP contribution in [-0.4, -0.2) is 23.5 Å². The van der Waals surface area contributed by atoms with Crippen molar-refractivity contribution in [1.82, 2.24) is 10.9 Å². The third-order valence-electron chi connectivity index (χ3n) is 4.05. The number of ether oxygens (including phenoxy) is 1. The van der Waals surface area contributed by atoms with Gasteiger partial charge in [0.1, 0.15) is 5.60 Å². The number of aryl methyl sites for hydroxylation is 2. The Balaban J connectivity index is 1.51. The Kier molecular flexibility index (Phi) is 5.69. The van der Waals surface area contributed by atoms with Crippen molar-refractivity contribution in [2.24, 2.45) is 0 Å². The highest BCUT2D eigenvalue weighted by molar-refractivity contribution is 7.14. The van der Waals surface area contributed by atoms with Crippen LogP contribution in [0.2, 0.25) is 0 Å². The lowest BCUT2D eigenvalue weighted by atomic mass is 10.2. The first kappa shape index (κ1) is 19.9. The molecule has 0 bridgehead atoms. The van der Waals surface area contributed by atoms with Gasteiger partial charge in [-0.25, -0.2) is 4.79 Å². The number of fused-ring (bicyclic) bond motifs is 1. The van der Waals surface area contributed by atoms with Gasteiger partial charge in [0.15, 0.2) is 0 Å². The quantitative estimate of drug-likeness (QED) is 0.684. The zero-order valence-electron chi connectivity index (χ0n) is 16.0. The second kappa shape index (κ2) is 8.02. The number of hydrogen-bond donors (Lipinski definition) is 3. The standard InChI is InChI=1S/C20H23N3O4S/c1-20(2,3)27-19(26)21-14-9-7-12(8-10-14)17(24)22-23-18(25)16-11-13-5-4-6-15(13)28-16/h7-11H,4-6H2,1-3H3,(H,21,26)(H,22,24)(H,23,25). The number of amides is 3. The van der Waals surface area contributed by atoms with Gasteiger partial charge in [-0.2, -0.15) is 0 Å². The van der Waals surface area contributed by atoms with E-state index in [1.807, 2.05) is 6.07 Å². The average molecular weight is 401 g/mol. The molecule has 0 atom stereocenters. The van der Waals surface area contributed by atoms with E-state index in [0.717, 1.165) is 19.3 Å². The number of thiophene rings is 1. The van der Waals surface area contributed by atoms with E-state index in [0.29, 0.717) is 16.1 Å². The van der Waals surface area contributed by atoms with Gasteiger partial charge in [0, 0.05) is 16.1 Å². The highest BCUT2D eigenvalue weighted by atomic mass is 32.1. The Bertz CT molecular complexity index is 876. The molecule has 3 rings (SSSR count). The summed E-state index contributed by atoms with van der Waals surface area (Å²) in [5.74, 6) is -0.766. The molecule has 0 spiro atoms. The van der Waals surface area contributed by atoms with E-state index in [1.54, 1.807) is 45.0 Å². The Hall–Kier alpha value is -2.87. The topological polar surface area (TPSA) is 96.5 Å². The van der Waals surface area contributed by atoms with Crippen molar-refractivity contribution in [3.8, 4) is 0 Å². The zero-order valence-corrected chi connectivity index (χ0v) is 16.9. The van der Waals surface area contributed by atoms with Gasteiger partial charge in [-0.15, -0.1) is 11.3 Å². The summed E-state index contributed by atoms with van der Waals surface area (Å²) in [5.41, 5.74) is 6.34. The van der Waals surface area contributed by atoms with Crippen molar-refractivity contribution in [2.75, 3.05) is 5.32 Å². The molecule has 1 heterocycles. The monoisotopic (exact) mass is 401 g/mol. The lowest BCUT2D eigenvalue weighted by Crippen LogP contribution is -2.41.